The van der Waals surface area contributed by atoms with Gasteiger partial charge in [0.2, 0.25) is 0 Å². The van der Waals surface area contributed by atoms with Crippen molar-refractivity contribution in [2.45, 2.75) is 97.8 Å². The number of aliphatic hydroxyl groups excluding tert-OH is 1. The maximum atomic E-state index is 11.8. The van der Waals surface area contributed by atoms with Gasteiger partial charge in [0.15, 0.2) is 0 Å². The lowest BCUT2D eigenvalue weighted by molar-refractivity contribution is -0.139. The Hall–Kier alpha value is -3.18. The van der Waals surface area contributed by atoms with E-state index in [1.807, 2.05) is 0 Å². The first-order valence-electron chi connectivity index (χ1n) is 15.3. The van der Waals surface area contributed by atoms with Gasteiger partial charge < -0.3 is 14.6 Å². The maximum absolute atomic E-state index is 11.8. The fourth-order valence-electron chi connectivity index (χ4n) is 4.92. The molecule has 0 heterocycles. The summed E-state index contributed by atoms with van der Waals surface area (Å²) in [5, 5.41) is 9.87. The average Bonchev–Trinajstić information content (AvgIpc) is 2.96. The summed E-state index contributed by atoms with van der Waals surface area (Å²) in [5.41, 5.74) is 7.83. The third-order valence-corrected chi connectivity index (χ3v) is 7.25. The van der Waals surface area contributed by atoms with Crippen molar-refractivity contribution in [1.82, 2.24) is 0 Å². The molecule has 0 spiro atoms. The number of rotatable bonds is 20. The number of esters is 2. The zero-order valence-electron chi connectivity index (χ0n) is 25.6. The third-order valence-electron chi connectivity index (χ3n) is 7.25. The van der Waals surface area contributed by atoms with E-state index >= 15 is 0 Å². The summed E-state index contributed by atoms with van der Waals surface area (Å²) in [6.07, 6.45) is 12.2. The zero-order chi connectivity index (χ0) is 30.0. The van der Waals surface area contributed by atoms with Crippen LogP contribution in [0.4, 0.5) is 0 Å². The second-order valence-electron chi connectivity index (χ2n) is 11.0. The first kappa shape index (κ1) is 34.0. The van der Waals surface area contributed by atoms with Gasteiger partial charge in [-0.25, -0.2) is 9.59 Å². The number of carbonyl (C=O) groups is 2. The Kier molecular flexibility index (Phi) is 15.8. The molecule has 224 valence electrons. The number of benzene rings is 2. The van der Waals surface area contributed by atoms with Gasteiger partial charge in [-0.3, -0.25) is 0 Å². The van der Waals surface area contributed by atoms with E-state index in [9.17, 15) is 14.7 Å². The van der Waals surface area contributed by atoms with Crippen molar-refractivity contribution in [3.05, 3.63) is 83.0 Å². The van der Waals surface area contributed by atoms with Gasteiger partial charge in [0, 0.05) is 17.8 Å². The molecular formula is C36H50O5. The summed E-state index contributed by atoms with van der Waals surface area (Å²) in [6.45, 7) is 13.5. The molecule has 0 saturated carbocycles. The lowest BCUT2D eigenvalue weighted by Gasteiger charge is -2.18. The zero-order valence-corrected chi connectivity index (χ0v) is 25.6. The van der Waals surface area contributed by atoms with E-state index in [-0.39, 0.29) is 18.5 Å². The van der Waals surface area contributed by atoms with E-state index in [2.05, 4.69) is 56.5 Å². The van der Waals surface area contributed by atoms with Gasteiger partial charge in [0.1, 0.15) is 0 Å². The van der Waals surface area contributed by atoms with Crippen LogP contribution in [-0.4, -0.2) is 36.9 Å². The van der Waals surface area contributed by atoms with Gasteiger partial charge in [-0.15, -0.1) is 0 Å². The predicted molar refractivity (Wildman–Crippen MR) is 168 cm³/mol. The maximum Gasteiger partial charge on any atom is 0.333 e. The molecule has 0 amide bonds. The first-order valence-corrected chi connectivity index (χ1v) is 15.3. The molecule has 5 heteroatoms. The van der Waals surface area contributed by atoms with Crippen LogP contribution in [0.5, 0.6) is 0 Å². The van der Waals surface area contributed by atoms with Gasteiger partial charge in [-0.05, 0) is 92.2 Å². The predicted octanol–water partition coefficient (Wildman–Crippen LogP) is 7.90. The molecule has 2 aromatic carbocycles. The summed E-state index contributed by atoms with van der Waals surface area (Å²) < 4.78 is 10.6. The standard InChI is InChI=1S/C36H50O5/c1-6-7-8-9-10-11-14-29-17-19-30(20-18-29)33-25-31(15-12-23-40-35(38)27(2)3)34(21-22-37)32(26-33)16-13-24-41-36(39)28(4)5/h17-20,25-26,37H,2,4,6-16,21-24H2,1,3,5H3. The molecule has 0 saturated heterocycles. The Labute approximate surface area is 247 Å². The van der Waals surface area contributed by atoms with Crippen LogP contribution in [0.2, 0.25) is 0 Å². The molecule has 5 nitrogen and oxygen atoms in total. The van der Waals surface area contributed by atoms with E-state index in [1.165, 1.54) is 44.1 Å². The summed E-state index contributed by atoms with van der Waals surface area (Å²) in [5.74, 6) is -0.749. The summed E-state index contributed by atoms with van der Waals surface area (Å²) in [4.78, 5) is 23.6. The average molecular weight is 563 g/mol. The highest BCUT2D eigenvalue weighted by Gasteiger charge is 2.14. The number of aliphatic hydroxyl groups is 1. The molecule has 0 radical (unpaired) electrons. The van der Waals surface area contributed by atoms with E-state index in [0.29, 0.717) is 43.6 Å². The monoisotopic (exact) mass is 562 g/mol. The van der Waals surface area contributed by atoms with Crippen LogP contribution in [0.1, 0.15) is 94.4 Å². The molecule has 0 unspecified atom stereocenters. The Bertz CT molecular complexity index is 1070. The van der Waals surface area contributed by atoms with Crippen LogP contribution in [-0.2, 0) is 44.7 Å². The second kappa shape index (κ2) is 19.0. The van der Waals surface area contributed by atoms with Crippen molar-refractivity contribution in [2.75, 3.05) is 19.8 Å². The minimum absolute atomic E-state index is 0.0434. The van der Waals surface area contributed by atoms with Crippen molar-refractivity contribution < 1.29 is 24.2 Å². The van der Waals surface area contributed by atoms with Crippen molar-refractivity contribution >= 4 is 11.9 Å². The molecule has 41 heavy (non-hydrogen) atoms. The highest BCUT2D eigenvalue weighted by atomic mass is 16.5. The fraction of sp³-hybridized carbons (Fsp3) is 0.500. The smallest absolute Gasteiger partial charge is 0.333 e. The van der Waals surface area contributed by atoms with Crippen molar-refractivity contribution in [3.8, 4) is 11.1 Å². The SMILES string of the molecule is C=C(C)C(=O)OCCCc1cc(-c2ccc(CCCCCCCC)cc2)cc(CCCOC(=O)C(=C)C)c1CCO. The van der Waals surface area contributed by atoms with E-state index in [4.69, 9.17) is 9.47 Å². The van der Waals surface area contributed by atoms with Crippen LogP contribution in [0, 0.1) is 0 Å². The quantitative estimate of drug-likeness (QED) is 0.101. The molecule has 0 aliphatic heterocycles. The number of ether oxygens (including phenoxy) is 2. The summed E-state index contributed by atoms with van der Waals surface area (Å²) >= 11 is 0. The Morgan fingerprint density at radius 3 is 1.68 bits per heavy atom. The van der Waals surface area contributed by atoms with Crippen LogP contribution in [0.25, 0.3) is 11.1 Å². The van der Waals surface area contributed by atoms with Crippen molar-refractivity contribution in [1.29, 1.82) is 0 Å². The van der Waals surface area contributed by atoms with Crippen LogP contribution in [0.15, 0.2) is 60.7 Å². The Morgan fingerprint density at radius 1 is 0.683 bits per heavy atom. The normalized spacial score (nSPS) is 10.8. The molecule has 1 N–H and O–H groups in total. The van der Waals surface area contributed by atoms with E-state index in [1.54, 1.807) is 13.8 Å². The molecule has 0 fully saturated rings. The molecule has 2 aromatic rings. The molecule has 0 aliphatic rings. The number of hydrogen-bond acceptors (Lipinski definition) is 5. The molecular weight excluding hydrogens is 512 g/mol. The van der Waals surface area contributed by atoms with Gasteiger partial charge in [-0.2, -0.15) is 0 Å². The first-order chi connectivity index (χ1) is 19.8. The topological polar surface area (TPSA) is 72.8 Å². The molecule has 0 atom stereocenters. The van der Waals surface area contributed by atoms with Gasteiger partial charge in [0.05, 0.1) is 13.2 Å². The van der Waals surface area contributed by atoms with Crippen LogP contribution < -0.4 is 0 Å². The number of unbranched alkanes of at least 4 members (excludes halogenated alkanes) is 5. The number of hydrogen-bond donors (Lipinski definition) is 1. The van der Waals surface area contributed by atoms with Crippen molar-refractivity contribution in [3.63, 3.8) is 0 Å². The third kappa shape index (κ3) is 12.5. The molecule has 2 rings (SSSR count). The largest absolute Gasteiger partial charge is 0.462 e. The lowest BCUT2D eigenvalue weighted by Crippen LogP contribution is -2.10. The van der Waals surface area contributed by atoms with E-state index < -0.39 is 0 Å². The minimum Gasteiger partial charge on any atom is -0.462 e. The summed E-state index contributed by atoms with van der Waals surface area (Å²) in [7, 11) is 0. The minimum atomic E-state index is -0.375. The Balaban J connectivity index is 2.21. The lowest BCUT2D eigenvalue weighted by atomic mass is 9.88. The number of aryl methyl sites for hydroxylation is 3. The summed E-state index contributed by atoms with van der Waals surface area (Å²) in [6, 6.07) is 13.3. The molecule has 0 aliphatic carbocycles. The van der Waals surface area contributed by atoms with Gasteiger partial charge >= 0.3 is 11.9 Å². The van der Waals surface area contributed by atoms with Gasteiger partial charge in [0.25, 0.3) is 0 Å². The second-order valence-corrected chi connectivity index (χ2v) is 11.0. The number of carbonyl (C=O) groups excluding carboxylic acids is 2. The molecule has 0 bridgehead atoms. The van der Waals surface area contributed by atoms with Crippen molar-refractivity contribution in [2.24, 2.45) is 0 Å². The van der Waals surface area contributed by atoms with Gasteiger partial charge in [-0.1, -0.05) is 88.6 Å². The Morgan fingerprint density at radius 2 is 1.20 bits per heavy atom. The fourth-order valence-corrected chi connectivity index (χ4v) is 4.92. The van der Waals surface area contributed by atoms with E-state index in [0.717, 1.165) is 47.1 Å². The molecule has 0 aromatic heterocycles. The van der Waals surface area contributed by atoms with Crippen LogP contribution in [0.3, 0.4) is 0 Å². The highest BCUT2D eigenvalue weighted by Crippen LogP contribution is 2.29. The highest BCUT2D eigenvalue weighted by molar-refractivity contribution is 5.87. The van der Waals surface area contributed by atoms with Crippen LogP contribution >= 0.6 is 0 Å².